The number of hydrogen-bond donors (Lipinski definition) is 3. The van der Waals surface area contributed by atoms with Crippen LogP contribution in [0.15, 0.2) is 24.5 Å². The molecule has 0 aliphatic rings. The fourth-order valence-corrected chi connectivity index (χ4v) is 1.72. The lowest BCUT2D eigenvalue weighted by molar-refractivity contribution is -0.137. The van der Waals surface area contributed by atoms with Crippen molar-refractivity contribution in [2.24, 2.45) is 5.73 Å². The van der Waals surface area contributed by atoms with Gasteiger partial charge in [-0.05, 0) is 18.6 Å². The molecule has 0 radical (unpaired) electrons. The maximum absolute atomic E-state index is 10.5. The fourth-order valence-electron chi connectivity index (χ4n) is 1.72. The first-order valence-electron chi connectivity index (χ1n) is 5.08. The first kappa shape index (κ1) is 10.6. The number of carboxylic acids is 1. The molecule has 5 heteroatoms. The number of carbonyl (C=O) groups is 1. The Balaban J connectivity index is 2.25. The zero-order valence-electron chi connectivity index (χ0n) is 8.68. The summed E-state index contributed by atoms with van der Waals surface area (Å²) in [4.78, 5) is 17.8. The number of nitrogens with zero attached hydrogens (tertiary/aromatic N) is 1. The number of aliphatic carboxylic acids is 1. The number of nitrogens with one attached hydrogen (secondary N) is 1. The highest BCUT2D eigenvalue weighted by Crippen LogP contribution is 2.22. The number of carboxylic acid groups (broad SMARTS) is 1. The molecule has 16 heavy (non-hydrogen) atoms. The van der Waals surface area contributed by atoms with Crippen molar-refractivity contribution in [1.29, 1.82) is 0 Å². The third kappa shape index (κ3) is 2.04. The third-order valence-electron chi connectivity index (χ3n) is 2.53. The summed E-state index contributed by atoms with van der Waals surface area (Å²) in [6, 6.07) is 3.43. The summed E-state index contributed by atoms with van der Waals surface area (Å²) in [5, 5.41) is 9.56. The Bertz CT molecular complexity index is 507. The van der Waals surface area contributed by atoms with E-state index in [2.05, 4.69) is 9.97 Å². The summed E-state index contributed by atoms with van der Waals surface area (Å²) in [7, 11) is 0. The van der Waals surface area contributed by atoms with Crippen LogP contribution in [0.2, 0.25) is 0 Å². The van der Waals surface area contributed by atoms with Gasteiger partial charge in [0.2, 0.25) is 0 Å². The molecule has 2 heterocycles. The van der Waals surface area contributed by atoms with E-state index in [0.717, 1.165) is 16.6 Å². The molecule has 2 rings (SSSR count). The summed E-state index contributed by atoms with van der Waals surface area (Å²) < 4.78 is 0. The lowest BCUT2D eigenvalue weighted by Crippen LogP contribution is -2.14. The first-order valence-corrected chi connectivity index (χ1v) is 5.08. The van der Waals surface area contributed by atoms with E-state index in [1.165, 1.54) is 0 Å². The largest absolute Gasteiger partial charge is 0.481 e. The molecule has 0 aromatic carbocycles. The quantitative estimate of drug-likeness (QED) is 0.725. The van der Waals surface area contributed by atoms with Crippen molar-refractivity contribution in [2.45, 2.75) is 18.9 Å². The Morgan fingerprint density at radius 2 is 2.38 bits per heavy atom. The van der Waals surface area contributed by atoms with E-state index in [4.69, 9.17) is 10.8 Å². The molecule has 0 saturated heterocycles. The van der Waals surface area contributed by atoms with E-state index >= 15 is 0 Å². The number of H-pyrrole nitrogens is 1. The second-order valence-electron chi connectivity index (χ2n) is 3.67. The smallest absolute Gasteiger partial charge is 0.303 e. The zero-order valence-corrected chi connectivity index (χ0v) is 8.68. The van der Waals surface area contributed by atoms with Crippen LogP contribution >= 0.6 is 0 Å². The summed E-state index contributed by atoms with van der Waals surface area (Å²) in [6.45, 7) is 0. The molecule has 0 spiro atoms. The molecule has 0 aliphatic carbocycles. The molecule has 0 aliphatic heterocycles. The van der Waals surface area contributed by atoms with Gasteiger partial charge < -0.3 is 15.8 Å². The SMILES string of the molecule is N[C@H](CCC(=O)O)c1nccc2[nH]ccc12. The normalized spacial score (nSPS) is 12.8. The van der Waals surface area contributed by atoms with E-state index in [1.54, 1.807) is 6.20 Å². The molecule has 0 bridgehead atoms. The number of rotatable bonds is 4. The standard InChI is InChI=1S/C11H13N3O2/c12-8(1-2-10(15)16)11-7-3-5-13-9(7)4-6-14-11/h3-6,8,13H,1-2,12H2,(H,15,16)/t8-/m1/s1. The molecule has 2 aromatic rings. The number of hydrogen-bond acceptors (Lipinski definition) is 3. The van der Waals surface area contributed by atoms with Crippen LogP contribution in [0, 0.1) is 0 Å². The van der Waals surface area contributed by atoms with E-state index in [9.17, 15) is 4.79 Å². The summed E-state index contributed by atoms with van der Waals surface area (Å²) >= 11 is 0. The highest BCUT2D eigenvalue weighted by molar-refractivity contribution is 5.81. The Morgan fingerprint density at radius 3 is 3.12 bits per heavy atom. The van der Waals surface area contributed by atoms with E-state index in [-0.39, 0.29) is 12.5 Å². The molecule has 5 nitrogen and oxygen atoms in total. The Hall–Kier alpha value is -1.88. The van der Waals surface area contributed by atoms with Gasteiger partial charge in [-0.25, -0.2) is 0 Å². The van der Waals surface area contributed by atoms with Crippen LogP contribution in [0.1, 0.15) is 24.6 Å². The van der Waals surface area contributed by atoms with Crippen LogP contribution in [0.4, 0.5) is 0 Å². The van der Waals surface area contributed by atoms with Crippen LogP contribution in [0.3, 0.4) is 0 Å². The van der Waals surface area contributed by atoms with Crippen molar-refractivity contribution in [1.82, 2.24) is 9.97 Å². The van der Waals surface area contributed by atoms with Crippen LogP contribution in [0.5, 0.6) is 0 Å². The van der Waals surface area contributed by atoms with Crippen molar-refractivity contribution >= 4 is 16.9 Å². The van der Waals surface area contributed by atoms with Crippen LogP contribution in [-0.2, 0) is 4.79 Å². The average molecular weight is 219 g/mol. The molecule has 84 valence electrons. The first-order chi connectivity index (χ1) is 7.68. The van der Waals surface area contributed by atoms with E-state index < -0.39 is 5.97 Å². The van der Waals surface area contributed by atoms with Gasteiger partial charge in [0.1, 0.15) is 0 Å². The number of fused-ring (bicyclic) bond motifs is 1. The topological polar surface area (TPSA) is 92.0 Å². The van der Waals surface area contributed by atoms with Gasteiger partial charge in [-0.15, -0.1) is 0 Å². The van der Waals surface area contributed by atoms with Crippen molar-refractivity contribution in [3.8, 4) is 0 Å². The lowest BCUT2D eigenvalue weighted by Gasteiger charge is -2.10. The fraction of sp³-hybridized carbons (Fsp3) is 0.273. The molecule has 1 atom stereocenters. The van der Waals surface area contributed by atoms with Crippen molar-refractivity contribution in [3.63, 3.8) is 0 Å². The minimum Gasteiger partial charge on any atom is -0.481 e. The van der Waals surface area contributed by atoms with Crippen molar-refractivity contribution in [2.75, 3.05) is 0 Å². The van der Waals surface area contributed by atoms with Crippen LogP contribution in [0.25, 0.3) is 10.9 Å². The number of pyridine rings is 1. The predicted molar refractivity (Wildman–Crippen MR) is 59.9 cm³/mol. The number of aromatic nitrogens is 2. The Labute approximate surface area is 92.3 Å². The van der Waals surface area contributed by atoms with Crippen LogP contribution < -0.4 is 5.73 Å². The monoisotopic (exact) mass is 219 g/mol. The molecule has 0 fully saturated rings. The molecular formula is C11H13N3O2. The predicted octanol–water partition coefficient (Wildman–Crippen LogP) is 1.43. The second-order valence-corrected chi connectivity index (χ2v) is 3.67. The maximum Gasteiger partial charge on any atom is 0.303 e. The van der Waals surface area contributed by atoms with Gasteiger partial charge in [0.15, 0.2) is 0 Å². The number of aromatic amines is 1. The summed E-state index contributed by atoms with van der Waals surface area (Å²) in [5.74, 6) is -0.836. The Kier molecular flexibility index (Phi) is 2.87. The lowest BCUT2D eigenvalue weighted by atomic mass is 10.1. The van der Waals surface area contributed by atoms with Gasteiger partial charge in [-0.2, -0.15) is 0 Å². The van der Waals surface area contributed by atoms with E-state index in [0.29, 0.717) is 6.42 Å². The van der Waals surface area contributed by atoms with Crippen molar-refractivity contribution in [3.05, 3.63) is 30.2 Å². The minimum absolute atomic E-state index is 0.0592. The Morgan fingerprint density at radius 1 is 1.56 bits per heavy atom. The maximum atomic E-state index is 10.5. The average Bonchev–Trinajstić information content (AvgIpc) is 2.73. The highest BCUT2D eigenvalue weighted by atomic mass is 16.4. The second kappa shape index (κ2) is 4.32. The molecule has 2 aromatic heterocycles. The molecule has 4 N–H and O–H groups in total. The van der Waals surface area contributed by atoms with Gasteiger partial charge >= 0.3 is 5.97 Å². The molecular weight excluding hydrogens is 206 g/mol. The van der Waals surface area contributed by atoms with Gasteiger partial charge in [-0.3, -0.25) is 9.78 Å². The summed E-state index contributed by atoms with van der Waals surface area (Å²) in [6.07, 6.45) is 3.95. The van der Waals surface area contributed by atoms with Gasteiger partial charge in [0.25, 0.3) is 0 Å². The van der Waals surface area contributed by atoms with Gasteiger partial charge in [0.05, 0.1) is 5.69 Å². The van der Waals surface area contributed by atoms with Crippen molar-refractivity contribution < 1.29 is 9.90 Å². The number of nitrogens with two attached hydrogens (primary N) is 1. The van der Waals surface area contributed by atoms with E-state index in [1.807, 2.05) is 18.3 Å². The zero-order chi connectivity index (χ0) is 11.5. The minimum atomic E-state index is -0.836. The third-order valence-corrected chi connectivity index (χ3v) is 2.53. The highest BCUT2D eigenvalue weighted by Gasteiger charge is 2.13. The molecule has 0 unspecified atom stereocenters. The summed E-state index contributed by atoms with van der Waals surface area (Å²) in [5.41, 5.74) is 7.65. The molecule has 0 amide bonds. The van der Waals surface area contributed by atoms with Gasteiger partial charge in [0, 0.05) is 35.8 Å². The van der Waals surface area contributed by atoms with Crippen LogP contribution in [-0.4, -0.2) is 21.0 Å². The van der Waals surface area contributed by atoms with Gasteiger partial charge in [-0.1, -0.05) is 0 Å². The molecule has 0 saturated carbocycles.